The summed E-state index contributed by atoms with van der Waals surface area (Å²) in [5, 5.41) is 19.8. The molecule has 1 unspecified atom stereocenters. The third-order valence-electron chi connectivity index (χ3n) is 2.59. The number of nitrogens with one attached hydrogen (secondary N) is 2. The minimum absolute atomic E-state index is 0.0526. The molecular formula is C10H19N3O. The quantitative estimate of drug-likeness (QED) is 0.674. The first-order valence-electron chi connectivity index (χ1n) is 4.86. The molecule has 80 valence electrons. The van der Waals surface area contributed by atoms with E-state index in [2.05, 4.69) is 15.5 Å². The van der Waals surface area contributed by atoms with Crippen molar-refractivity contribution in [2.24, 2.45) is 0 Å². The minimum Gasteiger partial charge on any atom is -0.389 e. The van der Waals surface area contributed by atoms with E-state index in [-0.39, 0.29) is 6.04 Å². The van der Waals surface area contributed by atoms with Crippen molar-refractivity contribution >= 4 is 0 Å². The summed E-state index contributed by atoms with van der Waals surface area (Å²) in [5.41, 5.74) is 1.51. The van der Waals surface area contributed by atoms with E-state index in [1.807, 2.05) is 13.8 Å². The van der Waals surface area contributed by atoms with Gasteiger partial charge in [-0.05, 0) is 27.7 Å². The Hall–Kier alpha value is -0.870. The molecule has 0 amide bonds. The van der Waals surface area contributed by atoms with E-state index >= 15 is 0 Å². The van der Waals surface area contributed by atoms with Crippen LogP contribution in [0, 0.1) is 6.92 Å². The average molecular weight is 197 g/mol. The number of aromatic nitrogens is 2. The molecule has 1 heterocycles. The molecule has 1 rings (SSSR count). The topological polar surface area (TPSA) is 60.9 Å². The van der Waals surface area contributed by atoms with Crippen LogP contribution in [-0.2, 0) is 6.54 Å². The fraction of sp³-hybridized carbons (Fsp3) is 0.700. The van der Waals surface area contributed by atoms with Crippen LogP contribution in [0.5, 0.6) is 0 Å². The van der Waals surface area contributed by atoms with Gasteiger partial charge in [0, 0.05) is 23.8 Å². The predicted octanol–water partition coefficient (Wildman–Crippen LogP) is 0.967. The molecule has 0 aromatic carbocycles. The molecule has 0 fully saturated rings. The fourth-order valence-electron chi connectivity index (χ4n) is 1.07. The van der Waals surface area contributed by atoms with Gasteiger partial charge >= 0.3 is 0 Å². The number of rotatable bonds is 4. The molecule has 0 aliphatic rings. The molecule has 1 aromatic rings. The number of hydrogen-bond donors (Lipinski definition) is 3. The lowest BCUT2D eigenvalue weighted by molar-refractivity contribution is 0.0437. The van der Waals surface area contributed by atoms with E-state index < -0.39 is 5.60 Å². The molecule has 1 atom stereocenters. The number of nitrogens with zero attached hydrogens (tertiary/aromatic N) is 1. The normalized spacial score (nSPS) is 14.4. The number of H-pyrrole nitrogens is 1. The molecule has 0 radical (unpaired) electrons. The van der Waals surface area contributed by atoms with Gasteiger partial charge in [0.15, 0.2) is 0 Å². The van der Waals surface area contributed by atoms with Crippen molar-refractivity contribution in [2.45, 2.75) is 45.9 Å². The predicted molar refractivity (Wildman–Crippen MR) is 55.9 cm³/mol. The van der Waals surface area contributed by atoms with Gasteiger partial charge in [-0.1, -0.05) is 0 Å². The SMILES string of the molecule is Cc1[nH]ncc1CNC(C)C(C)(C)O. The van der Waals surface area contributed by atoms with Gasteiger partial charge < -0.3 is 10.4 Å². The van der Waals surface area contributed by atoms with Gasteiger partial charge in [0.1, 0.15) is 0 Å². The molecular weight excluding hydrogens is 178 g/mol. The van der Waals surface area contributed by atoms with E-state index in [0.29, 0.717) is 0 Å². The first-order chi connectivity index (χ1) is 6.41. The summed E-state index contributed by atoms with van der Waals surface area (Å²) in [6.07, 6.45) is 1.80. The Bertz CT molecular complexity index is 288. The monoisotopic (exact) mass is 197 g/mol. The second kappa shape index (κ2) is 4.11. The highest BCUT2D eigenvalue weighted by molar-refractivity contribution is 5.14. The van der Waals surface area contributed by atoms with Gasteiger partial charge in [-0.3, -0.25) is 5.10 Å². The maximum Gasteiger partial charge on any atom is 0.0741 e. The lowest BCUT2D eigenvalue weighted by Crippen LogP contribution is -2.44. The zero-order chi connectivity index (χ0) is 10.8. The van der Waals surface area contributed by atoms with Crippen LogP contribution in [0.25, 0.3) is 0 Å². The van der Waals surface area contributed by atoms with Gasteiger partial charge in [-0.25, -0.2) is 0 Å². The summed E-state index contributed by atoms with van der Waals surface area (Å²) in [4.78, 5) is 0. The summed E-state index contributed by atoms with van der Waals surface area (Å²) in [6, 6.07) is 0.0526. The largest absolute Gasteiger partial charge is 0.389 e. The van der Waals surface area contributed by atoms with Crippen molar-refractivity contribution in [3.05, 3.63) is 17.5 Å². The highest BCUT2D eigenvalue weighted by Gasteiger charge is 2.21. The Labute approximate surface area is 84.7 Å². The van der Waals surface area contributed by atoms with Crippen LogP contribution in [0.4, 0.5) is 0 Å². The van der Waals surface area contributed by atoms with Crippen molar-refractivity contribution in [3.8, 4) is 0 Å². The maximum absolute atomic E-state index is 9.70. The first-order valence-corrected chi connectivity index (χ1v) is 4.86. The Morgan fingerprint density at radius 3 is 2.71 bits per heavy atom. The Morgan fingerprint density at radius 2 is 2.29 bits per heavy atom. The van der Waals surface area contributed by atoms with E-state index in [1.165, 1.54) is 0 Å². The molecule has 14 heavy (non-hydrogen) atoms. The molecule has 0 aliphatic heterocycles. The van der Waals surface area contributed by atoms with E-state index in [4.69, 9.17) is 0 Å². The molecule has 0 aliphatic carbocycles. The van der Waals surface area contributed by atoms with Crippen LogP contribution in [0.15, 0.2) is 6.20 Å². The lowest BCUT2D eigenvalue weighted by Gasteiger charge is -2.26. The lowest BCUT2D eigenvalue weighted by atomic mass is 10.0. The summed E-state index contributed by atoms with van der Waals surface area (Å²) < 4.78 is 0. The minimum atomic E-state index is -0.697. The van der Waals surface area contributed by atoms with Gasteiger partial charge in [-0.15, -0.1) is 0 Å². The summed E-state index contributed by atoms with van der Waals surface area (Å²) >= 11 is 0. The maximum atomic E-state index is 9.70. The van der Waals surface area contributed by atoms with Crippen molar-refractivity contribution in [3.63, 3.8) is 0 Å². The zero-order valence-electron chi connectivity index (χ0n) is 9.26. The van der Waals surface area contributed by atoms with Gasteiger partial charge in [0.25, 0.3) is 0 Å². The van der Waals surface area contributed by atoms with Gasteiger partial charge in [-0.2, -0.15) is 5.10 Å². The van der Waals surface area contributed by atoms with Crippen LogP contribution >= 0.6 is 0 Å². The average Bonchev–Trinajstić information content (AvgIpc) is 2.45. The molecule has 1 aromatic heterocycles. The summed E-state index contributed by atoms with van der Waals surface area (Å²) in [6.45, 7) is 8.28. The number of hydrogen-bond acceptors (Lipinski definition) is 3. The summed E-state index contributed by atoms with van der Waals surface area (Å²) in [5.74, 6) is 0. The third kappa shape index (κ3) is 2.82. The Kier molecular flexibility index (Phi) is 3.29. The summed E-state index contributed by atoms with van der Waals surface area (Å²) in [7, 11) is 0. The van der Waals surface area contributed by atoms with E-state index in [9.17, 15) is 5.11 Å². The molecule has 0 saturated heterocycles. The van der Waals surface area contributed by atoms with Crippen molar-refractivity contribution in [1.82, 2.24) is 15.5 Å². The number of aromatic amines is 1. The zero-order valence-corrected chi connectivity index (χ0v) is 9.26. The van der Waals surface area contributed by atoms with Gasteiger partial charge in [0.05, 0.1) is 11.8 Å². The van der Waals surface area contributed by atoms with Crippen LogP contribution < -0.4 is 5.32 Å². The van der Waals surface area contributed by atoms with E-state index in [0.717, 1.165) is 17.8 Å². The Balaban J connectivity index is 2.46. The van der Waals surface area contributed by atoms with Crippen LogP contribution in [-0.4, -0.2) is 26.9 Å². The molecule has 0 spiro atoms. The molecule has 4 heteroatoms. The molecule has 0 saturated carbocycles. The molecule has 3 N–H and O–H groups in total. The first kappa shape index (κ1) is 11.2. The number of aryl methyl sites for hydroxylation is 1. The highest BCUT2D eigenvalue weighted by atomic mass is 16.3. The molecule has 0 bridgehead atoms. The second-order valence-corrected chi connectivity index (χ2v) is 4.28. The molecule has 4 nitrogen and oxygen atoms in total. The standard InChI is InChI=1S/C10H19N3O/c1-7-9(6-12-13-7)5-11-8(2)10(3,4)14/h6,8,11,14H,5H2,1-4H3,(H,12,13). The second-order valence-electron chi connectivity index (χ2n) is 4.28. The van der Waals surface area contributed by atoms with Gasteiger partial charge in [0.2, 0.25) is 0 Å². The van der Waals surface area contributed by atoms with E-state index in [1.54, 1.807) is 20.0 Å². The van der Waals surface area contributed by atoms with Crippen molar-refractivity contribution in [2.75, 3.05) is 0 Å². The Morgan fingerprint density at radius 1 is 1.64 bits per heavy atom. The van der Waals surface area contributed by atoms with Crippen LogP contribution in [0.3, 0.4) is 0 Å². The fourth-order valence-corrected chi connectivity index (χ4v) is 1.07. The third-order valence-corrected chi connectivity index (χ3v) is 2.59. The number of aliphatic hydroxyl groups is 1. The smallest absolute Gasteiger partial charge is 0.0741 e. The highest BCUT2D eigenvalue weighted by Crippen LogP contribution is 2.09. The van der Waals surface area contributed by atoms with Crippen molar-refractivity contribution in [1.29, 1.82) is 0 Å². The van der Waals surface area contributed by atoms with Crippen LogP contribution in [0.2, 0.25) is 0 Å². The van der Waals surface area contributed by atoms with Crippen LogP contribution in [0.1, 0.15) is 32.0 Å². The van der Waals surface area contributed by atoms with Crippen molar-refractivity contribution < 1.29 is 5.11 Å².